The van der Waals surface area contributed by atoms with Crippen LogP contribution in [0.3, 0.4) is 0 Å². The molecule has 14 heavy (non-hydrogen) atoms. The number of hydrogen-bond donors (Lipinski definition) is 2. The van der Waals surface area contributed by atoms with Gasteiger partial charge in [-0.1, -0.05) is 6.07 Å². The van der Waals surface area contributed by atoms with Gasteiger partial charge in [0.1, 0.15) is 0 Å². The first-order chi connectivity index (χ1) is 6.71. The van der Waals surface area contributed by atoms with Crippen LogP contribution in [0.25, 0.3) is 0 Å². The molecule has 1 aliphatic heterocycles. The third-order valence-electron chi connectivity index (χ3n) is 3.10. The van der Waals surface area contributed by atoms with Gasteiger partial charge in [-0.15, -0.1) is 11.3 Å². The van der Waals surface area contributed by atoms with Crippen LogP contribution in [0.1, 0.15) is 24.6 Å². The van der Waals surface area contributed by atoms with Crippen LogP contribution in [0.15, 0.2) is 17.5 Å². The van der Waals surface area contributed by atoms with Crippen molar-refractivity contribution >= 4 is 11.3 Å². The van der Waals surface area contributed by atoms with Crippen LogP contribution in [0, 0.1) is 0 Å². The number of thiophene rings is 1. The van der Waals surface area contributed by atoms with Crippen molar-refractivity contribution in [3.05, 3.63) is 22.4 Å². The summed E-state index contributed by atoms with van der Waals surface area (Å²) in [6.45, 7) is 3.11. The molecule has 1 fully saturated rings. The summed E-state index contributed by atoms with van der Waals surface area (Å²) in [7, 11) is 0. The van der Waals surface area contributed by atoms with E-state index in [-0.39, 0.29) is 6.04 Å². The molecule has 2 heterocycles. The molecule has 0 saturated carbocycles. The van der Waals surface area contributed by atoms with Crippen molar-refractivity contribution in [2.75, 3.05) is 6.54 Å². The van der Waals surface area contributed by atoms with Gasteiger partial charge < -0.3 is 10.4 Å². The van der Waals surface area contributed by atoms with E-state index in [1.165, 1.54) is 4.88 Å². The molecular weight excluding hydrogens is 194 g/mol. The molecule has 1 aliphatic rings. The topological polar surface area (TPSA) is 32.3 Å². The monoisotopic (exact) mass is 211 g/mol. The van der Waals surface area contributed by atoms with Crippen molar-refractivity contribution in [3.8, 4) is 0 Å². The summed E-state index contributed by atoms with van der Waals surface area (Å²) >= 11 is 1.73. The normalized spacial score (nSPS) is 33.1. The molecule has 2 unspecified atom stereocenters. The average molecular weight is 211 g/mol. The van der Waals surface area contributed by atoms with Crippen LogP contribution in [0.2, 0.25) is 0 Å². The minimum absolute atomic E-state index is 0.207. The van der Waals surface area contributed by atoms with Crippen LogP contribution in [0.5, 0.6) is 0 Å². The summed E-state index contributed by atoms with van der Waals surface area (Å²) < 4.78 is 0. The minimum atomic E-state index is -0.539. The van der Waals surface area contributed by atoms with E-state index in [4.69, 9.17) is 0 Å². The maximum Gasteiger partial charge on any atom is 0.0845 e. The van der Waals surface area contributed by atoms with Crippen LogP contribution < -0.4 is 5.32 Å². The van der Waals surface area contributed by atoms with Gasteiger partial charge in [-0.3, -0.25) is 0 Å². The standard InChI is InChI=1S/C11H17NOS/c1-9-11(13,5-3-6-12-9)8-10-4-2-7-14-10/h2,4,7,9,12-13H,3,5-6,8H2,1H3. The van der Waals surface area contributed by atoms with Crippen LogP contribution in [0.4, 0.5) is 0 Å². The predicted octanol–water partition coefficient (Wildman–Crippen LogP) is 1.79. The molecule has 0 amide bonds. The summed E-state index contributed by atoms with van der Waals surface area (Å²) in [5, 5.41) is 15.9. The minimum Gasteiger partial charge on any atom is -0.388 e. The van der Waals surface area contributed by atoms with Gasteiger partial charge in [-0.25, -0.2) is 0 Å². The maximum atomic E-state index is 10.5. The van der Waals surface area contributed by atoms with Gasteiger partial charge in [0, 0.05) is 17.3 Å². The second-order valence-corrected chi connectivity index (χ2v) is 5.17. The predicted molar refractivity (Wildman–Crippen MR) is 59.7 cm³/mol. The highest BCUT2D eigenvalue weighted by molar-refractivity contribution is 7.09. The Morgan fingerprint density at radius 3 is 3.21 bits per heavy atom. The molecule has 1 saturated heterocycles. The van der Waals surface area contributed by atoms with E-state index in [1.807, 2.05) is 6.07 Å². The first-order valence-corrected chi connectivity index (χ1v) is 6.07. The number of nitrogens with one attached hydrogen (secondary N) is 1. The van der Waals surface area contributed by atoms with E-state index >= 15 is 0 Å². The molecule has 1 aromatic heterocycles. The highest BCUT2D eigenvalue weighted by Gasteiger charge is 2.36. The lowest BCUT2D eigenvalue weighted by atomic mass is 9.83. The Bertz CT molecular complexity index is 285. The van der Waals surface area contributed by atoms with Crippen molar-refractivity contribution in [2.24, 2.45) is 0 Å². The molecule has 0 spiro atoms. The molecule has 2 N–H and O–H groups in total. The van der Waals surface area contributed by atoms with E-state index in [1.54, 1.807) is 11.3 Å². The zero-order valence-electron chi connectivity index (χ0n) is 8.49. The van der Waals surface area contributed by atoms with Gasteiger partial charge in [-0.2, -0.15) is 0 Å². The van der Waals surface area contributed by atoms with Crippen molar-refractivity contribution in [1.29, 1.82) is 0 Å². The Morgan fingerprint density at radius 1 is 1.71 bits per heavy atom. The highest BCUT2D eigenvalue weighted by Crippen LogP contribution is 2.27. The SMILES string of the molecule is CC1NCCCC1(O)Cc1cccs1. The average Bonchev–Trinajstić information content (AvgIpc) is 2.63. The lowest BCUT2D eigenvalue weighted by Crippen LogP contribution is -2.54. The Hall–Kier alpha value is -0.380. The van der Waals surface area contributed by atoms with Crippen LogP contribution in [-0.4, -0.2) is 23.3 Å². The van der Waals surface area contributed by atoms with Gasteiger partial charge in [0.25, 0.3) is 0 Å². The van der Waals surface area contributed by atoms with Crippen molar-refractivity contribution in [3.63, 3.8) is 0 Å². The Labute approximate surface area is 89.0 Å². The van der Waals surface area contributed by atoms with E-state index in [0.717, 1.165) is 25.8 Å². The molecule has 0 aliphatic carbocycles. The quantitative estimate of drug-likeness (QED) is 0.781. The second kappa shape index (κ2) is 4.01. The summed E-state index contributed by atoms with van der Waals surface area (Å²) in [6.07, 6.45) is 2.78. The van der Waals surface area contributed by atoms with E-state index in [0.29, 0.717) is 0 Å². The molecule has 0 bridgehead atoms. The van der Waals surface area contributed by atoms with E-state index in [2.05, 4.69) is 23.7 Å². The number of rotatable bonds is 2. The first kappa shape index (κ1) is 10.1. The van der Waals surface area contributed by atoms with Crippen LogP contribution in [-0.2, 0) is 6.42 Å². The van der Waals surface area contributed by atoms with E-state index < -0.39 is 5.60 Å². The summed E-state index contributed by atoms with van der Waals surface area (Å²) in [6, 6.07) is 4.35. The fourth-order valence-corrected chi connectivity index (χ4v) is 2.90. The van der Waals surface area contributed by atoms with Gasteiger partial charge in [-0.05, 0) is 37.8 Å². The lowest BCUT2D eigenvalue weighted by molar-refractivity contribution is -0.0162. The molecule has 1 aromatic rings. The van der Waals surface area contributed by atoms with Gasteiger partial charge in [0.15, 0.2) is 0 Å². The smallest absolute Gasteiger partial charge is 0.0845 e. The van der Waals surface area contributed by atoms with Gasteiger partial charge in [0.05, 0.1) is 5.60 Å². The zero-order valence-corrected chi connectivity index (χ0v) is 9.31. The highest BCUT2D eigenvalue weighted by atomic mass is 32.1. The molecule has 2 atom stereocenters. The Balaban J connectivity index is 2.07. The third-order valence-corrected chi connectivity index (χ3v) is 3.98. The Kier molecular flexibility index (Phi) is 2.91. The Morgan fingerprint density at radius 2 is 2.57 bits per heavy atom. The fraction of sp³-hybridized carbons (Fsp3) is 0.636. The number of piperidine rings is 1. The van der Waals surface area contributed by atoms with Crippen molar-refractivity contribution < 1.29 is 5.11 Å². The van der Waals surface area contributed by atoms with Crippen LogP contribution >= 0.6 is 11.3 Å². The fourth-order valence-electron chi connectivity index (χ4n) is 2.08. The number of aliphatic hydroxyl groups is 1. The van der Waals surface area contributed by atoms with E-state index in [9.17, 15) is 5.11 Å². The summed E-state index contributed by atoms with van der Waals surface area (Å²) in [5.74, 6) is 0. The molecular formula is C11H17NOS. The largest absolute Gasteiger partial charge is 0.388 e. The molecule has 2 rings (SSSR count). The third kappa shape index (κ3) is 2.00. The first-order valence-electron chi connectivity index (χ1n) is 5.19. The zero-order chi connectivity index (χ0) is 10.0. The molecule has 3 heteroatoms. The van der Waals surface area contributed by atoms with Crippen molar-refractivity contribution in [2.45, 2.75) is 37.8 Å². The summed E-state index contributed by atoms with van der Waals surface area (Å²) in [4.78, 5) is 1.28. The molecule has 2 nitrogen and oxygen atoms in total. The van der Waals surface area contributed by atoms with Gasteiger partial charge >= 0.3 is 0 Å². The number of hydrogen-bond acceptors (Lipinski definition) is 3. The van der Waals surface area contributed by atoms with Crippen molar-refractivity contribution in [1.82, 2.24) is 5.32 Å². The molecule has 0 aromatic carbocycles. The molecule has 78 valence electrons. The summed E-state index contributed by atoms with van der Waals surface area (Å²) in [5.41, 5.74) is -0.539. The molecule has 0 radical (unpaired) electrons. The second-order valence-electron chi connectivity index (χ2n) is 4.14. The lowest BCUT2D eigenvalue weighted by Gasteiger charge is -2.38. The maximum absolute atomic E-state index is 10.5. The van der Waals surface area contributed by atoms with Gasteiger partial charge in [0.2, 0.25) is 0 Å².